The third kappa shape index (κ3) is 3.99. The Kier molecular flexibility index (Phi) is 5.67. The summed E-state index contributed by atoms with van der Waals surface area (Å²) in [6, 6.07) is 13.0. The molecule has 0 radical (unpaired) electrons. The molecule has 0 spiro atoms. The van der Waals surface area contributed by atoms with Crippen LogP contribution < -0.4 is 16.6 Å². The highest BCUT2D eigenvalue weighted by Gasteiger charge is 2.23. The van der Waals surface area contributed by atoms with Crippen molar-refractivity contribution in [2.75, 3.05) is 5.75 Å². The highest BCUT2D eigenvalue weighted by Crippen LogP contribution is 2.28. The first-order valence-electron chi connectivity index (χ1n) is 9.43. The lowest BCUT2D eigenvalue weighted by molar-refractivity contribution is -0.117. The topological polar surface area (TPSA) is 86.0 Å². The minimum atomic E-state index is -0.386. The van der Waals surface area contributed by atoms with Crippen molar-refractivity contribution in [3.63, 3.8) is 0 Å². The fourth-order valence-electron chi connectivity index (χ4n) is 3.27. The third-order valence-corrected chi connectivity index (χ3v) is 6.11. The smallest absolute Gasteiger partial charge is 0.331 e. The van der Waals surface area contributed by atoms with Crippen molar-refractivity contribution in [3.05, 3.63) is 98.0 Å². The first-order valence-corrected chi connectivity index (χ1v) is 10.4. The zero-order valence-corrected chi connectivity index (χ0v) is 17.2. The van der Waals surface area contributed by atoms with Gasteiger partial charge < -0.3 is 5.32 Å². The molecular formula is C22H20N4O3S. The zero-order valence-electron chi connectivity index (χ0n) is 16.4. The number of carbonyl (C=O) groups is 1. The van der Waals surface area contributed by atoms with E-state index in [0.29, 0.717) is 28.5 Å². The van der Waals surface area contributed by atoms with E-state index in [1.165, 1.54) is 20.9 Å². The van der Waals surface area contributed by atoms with E-state index >= 15 is 0 Å². The lowest BCUT2D eigenvalue weighted by atomic mass is 10.1. The molecule has 0 saturated carbocycles. The van der Waals surface area contributed by atoms with Gasteiger partial charge in [-0.25, -0.2) is 4.79 Å². The number of rotatable bonds is 5. The Labute approximate surface area is 177 Å². The lowest BCUT2D eigenvalue weighted by Gasteiger charge is -2.19. The average Bonchev–Trinajstić information content (AvgIpc) is 2.80. The van der Waals surface area contributed by atoms with Crippen LogP contribution in [0.25, 0.3) is 6.08 Å². The summed E-state index contributed by atoms with van der Waals surface area (Å²) in [6.45, 7) is 0.559. The van der Waals surface area contributed by atoms with Gasteiger partial charge in [0.1, 0.15) is 0 Å². The van der Waals surface area contributed by atoms with Gasteiger partial charge in [-0.2, -0.15) is 0 Å². The van der Waals surface area contributed by atoms with Gasteiger partial charge in [-0.1, -0.05) is 30.3 Å². The molecule has 1 aromatic carbocycles. The highest BCUT2D eigenvalue weighted by atomic mass is 32.2. The summed E-state index contributed by atoms with van der Waals surface area (Å²) in [6.07, 6.45) is 4.95. The van der Waals surface area contributed by atoms with Crippen LogP contribution in [-0.4, -0.2) is 25.8 Å². The molecule has 2 aromatic heterocycles. The van der Waals surface area contributed by atoms with Gasteiger partial charge in [0.05, 0.1) is 17.1 Å². The number of pyridine rings is 1. The minimum absolute atomic E-state index is 0.182. The van der Waals surface area contributed by atoms with Gasteiger partial charge >= 0.3 is 5.69 Å². The number of fused-ring (bicyclic) bond motifs is 1. The molecule has 1 aliphatic rings. The lowest BCUT2D eigenvalue weighted by Crippen LogP contribution is -2.42. The van der Waals surface area contributed by atoms with E-state index in [9.17, 15) is 14.4 Å². The number of amides is 1. The van der Waals surface area contributed by atoms with E-state index in [1.807, 2.05) is 42.5 Å². The molecule has 7 nitrogen and oxygen atoms in total. The highest BCUT2D eigenvalue weighted by molar-refractivity contribution is 7.99. The molecule has 1 N–H and O–H groups in total. The first-order chi connectivity index (χ1) is 14.5. The van der Waals surface area contributed by atoms with Crippen molar-refractivity contribution in [1.29, 1.82) is 0 Å². The van der Waals surface area contributed by atoms with Crippen LogP contribution in [0.4, 0.5) is 0 Å². The van der Waals surface area contributed by atoms with Gasteiger partial charge in [-0.15, -0.1) is 11.8 Å². The van der Waals surface area contributed by atoms with Gasteiger partial charge in [0.2, 0.25) is 5.91 Å². The van der Waals surface area contributed by atoms with Gasteiger partial charge in [0.25, 0.3) is 5.56 Å². The van der Waals surface area contributed by atoms with Crippen LogP contribution in [0.1, 0.15) is 16.7 Å². The summed E-state index contributed by atoms with van der Waals surface area (Å²) in [5.41, 5.74) is 1.93. The molecule has 0 atom stereocenters. The summed E-state index contributed by atoms with van der Waals surface area (Å²) in [5.74, 6) is 0.165. The van der Waals surface area contributed by atoms with Crippen LogP contribution in [0.15, 0.2) is 75.0 Å². The number of carbonyl (C=O) groups excluding carboxylic acids is 1. The first kappa shape index (κ1) is 19.9. The Morgan fingerprint density at radius 3 is 2.57 bits per heavy atom. The second-order valence-corrected chi connectivity index (χ2v) is 7.90. The van der Waals surface area contributed by atoms with E-state index in [1.54, 1.807) is 25.5 Å². The van der Waals surface area contributed by atoms with Gasteiger partial charge in [0.15, 0.2) is 0 Å². The summed E-state index contributed by atoms with van der Waals surface area (Å²) in [7, 11) is 1.65. The van der Waals surface area contributed by atoms with E-state index in [-0.39, 0.29) is 23.7 Å². The molecule has 0 fully saturated rings. The monoisotopic (exact) mass is 420 g/mol. The summed E-state index contributed by atoms with van der Waals surface area (Å²) < 4.78 is 2.69. The second kappa shape index (κ2) is 8.54. The summed E-state index contributed by atoms with van der Waals surface area (Å²) in [5, 5.41) is 3.46. The molecule has 3 heterocycles. The van der Waals surface area contributed by atoms with Crippen LogP contribution in [0.3, 0.4) is 0 Å². The molecule has 4 rings (SSSR count). The number of thioether (sulfide) groups is 1. The Morgan fingerprint density at radius 2 is 1.83 bits per heavy atom. The predicted molar refractivity (Wildman–Crippen MR) is 116 cm³/mol. The number of aromatic nitrogens is 3. The molecule has 8 heteroatoms. The van der Waals surface area contributed by atoms with E-state index in [2.05, 4.69) is 10.3 Å². The maximum Gasteiger partial charge on any atom is 0.331 e. The quantitative estimate of drug-likeness (QED) is 0.636. The van der Waals surface area contributed by atoms with Crippen LogP contribution in [0, 0.1) is 0 Å². The zero-order chi connectivity index (χ0) is 21.1. The number of nitrogens with one attached hydrogen (secondary N) is 1. The van der Waals surface area contributed by atoms with Crippen molar-refractivity contribution >= 4 is 23.7 Å². The normalized spacial score (nSPS) is 12.8. The SMILES string of the molecule is Cn1c2c(c(=O)n(Cc3ccccc3)c1=O)C=C(C(=O)NCc1ccncc1)CS2. The molecule has 0 aliphatic carbocycles. The third-order valence-electron chi connectivity index (χ3n) is 4.89. The molecule has 1 aliphatic heterocycles. The predicted octanol–water partition coefficient (Wildman–Crippen LogP) is 1.80. The number of benzene rings is 1. The van der Waals surface area contributed by atoms with Crippen molar-refractivity contribution in [2.45, 2.75) is 18.1 Å². The maximum absolute atomic E-state index is 13.1. The molecule has 3 aromatic rings. The Hall–Kier alpha value is -3.39. The van der Waals surface area contributed by atoms with Crippen LogP contribution in [0.2, 0.25) is 0 Å². The largest absolute Gasteiger partial charge is 0.348 e. The van der Waals surface area contributed by atoms with Crippen molar-refractivity contribution in [1.82, 2.24) is 19.4 Å². The average molecular weight is 420 g/mol. The van der Waals surface area contributed by atoms with E-state index < -0.39 is 0 Å². The molecule has 152 valence electrons. The second-order valence-electron chi connectivity index (χ2n) is 6.93. The molecule has 0 bridgehead atoms. The van der Waals surface area contributed by atoms with Crippen LogP contribution in [-0.2, 0) is 24.9 Å². The van der Waals surface area contributed by atoms with E-state index in [0.717, 1.165) is 11.1 Å². The fourth-order valence-corrected chi connectivity index (χ4v) is 4.35. The fraction of sp³-hybridized carbons (Fsp3) is 0.182. The Balaban J connectivity index is 1.64. The number of hydrogen-bond acceptors (Lipinski definition) is 5. The standard InChI is InChI=1S/C22H20N4O3S/c1-25-21-18(20(28)26(22(25)29)13-16-5-3-2-4-6-16)11-17(14-30-21)19(27)24-12-15-7-9-23-10-8-15/h2-11H,12-14H2,1H3,(H,24,27). The summed E-state index contributed by atoms with van der Waals surface area (Å²) in [4.78, 5) is 42.4. The van der Waals surface area contributed by atoms with Gasteiger partial charge in [0, 0.05) is 37.3 Å². The Morgan fingerprint density at radius 1 is 1.10 bits per heavy atom. The van der Waals surface area contributed by atoms with Gasteiger partial charge in [-0.05, 0) is 29.3 Å². The van der Waals surface area contributed by atoms with Crippen molar-refractivity contribution in [3.8, 4) is 0 Å². The molecular weight excluding hydrogens is 400 g/mol. The minimum Gasteiger partial charge on any atom is -0.348 e. The molecule has 1 amide bonds. The van der Waals surface area contributed by atoms with Crippen molar-refractivity contribution in [2.24, 2.45) is 7.05 Å². The Bertz CT molecular complexity index is 1230. The molecule has 30 heavy (non-hydrogen) atoms. The number of hydrogen-bond donors (Lipinski definition) is 1. The van der Waals surface area contributed by atoms with Gasteiger partial charge in [-0.3, -0.25) is 23.7 Å². The molecule has 0 unspecified atom stereocenters. The maximum atomic E-state index is 13.1. The molecule has 0 saturated heterocycles. The van der Waals surface area contributed by atoms with Crippen LogP contribution >= 0.6 is 11.8 Å². The van der Waals surface area contributed by atoms with Crippen LogP contribution in [0.5, 0.6) is 0 Å². The van der Waals surface area contributed by atoms with Crippen molar-refractivity contribution < 1.29 is 4.79 Å². The summed E-state index contributed by atoms with van der Waals surface area (Å²) >= 11 is 1.33. The van der Waals surface area contributed by atoms with E-state index in [4.69, 9.17) is 0 Å². The number of nitrogens with zero attached hydrogens (tertiary/aromatic N) is 3.